The van der Waals surface area contributed by atoms with Crippen LogP contribution in [0.15, 0.2) is 77.7 Å². The predicted molar refractivity (Wildman–Crippen MR) is 128 cm³/mol. The van der Waals surface area contributed by atoms with Gasteiger partial charge in [0, 0.05) is 18.3 Å². The molecule has 4 rings (SSSR count). The Bertz CT molecular complexity index is 1390. The molecule has 3 aromatic rings. The van der Waals surface area contributed by atoms with E-state index in [0.29, 0.717) is 22.6 Å². The minimum absolute atomic E-state index is 0.122. The highest BCUT2D eigenvalue weighted by Crippen LogP contribution is 2.30. The second-order valence-electron chi connectivity index (χ2n) is 7.80. The third-order valence-electron chi connectivity index (χ3n) is 5.32. The molecule has 0 aromatic heterocycles. The third-order valence-corrected chi connectivity index (χ3v) is 7.14. The molecule has 11 heteroatoms. The number of anilines is 3. The van der Waals surface area contributed by atoms with E-state index in [1.165, 1.54) is 36.2 Å². The Morgan fingerprint density at radius 2 is 1.69 bits per heavy atom. The van der Waals surface area contributed by atoms with Gasteiger partial charge in [-0.05, 0) is 60.7 Å². The first-order chi connectivity index (χ1) is 16.6. The van der Waals surface area contributed by atoms with Gasteiger partial charge in [0.1, 0.15) is 12.4 Å². The molecule has 0 saturated carbocycles. The molecule has 0 unspecified atom stereocenters. The molecule has 9 nitrogen and oxygen atoms in total. The van der Waals surface area contributed by atoms with E-state index >= 15 is 0 Å². The van der Waals surface area contributed by atoms with Crippen molar-refractivity contribution in [3.8, 4) is 0 Å². The van der Waals surface area contributed by atoms with E-state index in [2.05, 4.69) is 10.6 Å². The number of nitrogens with one attached hydrogen (secondary N) is 2. The van der Waals surface area contributed by atoms with Gasteiger partial charge >= 0.3 is 0 Å². The molecule has 0 spiro atoms. The first-order valence-electron chi connectivity index (χ1n) is 10.5. The summed E-state index contributed by atoms with van der Waals surface area (Å²) in [6.45, 7) is -0.594. The van der Waals surface area contributed by atoms with Crippen molar-refractivity contribution in [1.29, 1.82) is 0 Å². The van der Waals surface area contributed by atoms with E-state index < -0.39 is 28.3 Å². The molecule has 2 N–H and O–H groups in total. The topological polar surface area (TPSA) is 116 Å². The van der Waals surface area contributed by atoms with Crippen molar-refractivity contribution in [2.24, 2.45) is 0 Å². The van der Waals surface area contributed by atoms with Gasteiger partial charge in [0.05, 0.1) is 22.8 Å². The Kier molecular flexibility index (Phi) is 6.63. The zero-order valence-electron chi connectivity index (χ0n) is 18.6. The molecular formula is C24H21FN4O5S. The maximum Gasteiger partial charge on any atom is 0.258 e. The summed E-state index contributed by atoms with van der Waals surface area (Å²) in [5, 5.41) is 5.30. The lowest BCUT2D eigenvalue weighted by molar-refractivity contribution is -0.116. The fourth-order valence-corrected chi connectivity index (χ4v) is 4.67. The summed E-state index contributed by atoms with van der Waals surface area (Å²) in [5.74, 6) is -1.85. The average Bonchev–Trinajstić information content (AvgIpc) is 2.83. The molecule has 3 aromatic carbocycles. The van der Waals surface area contributed by atoms with E-state index in [4.69, 9.17) is 0 Å². The minimum Gasteiger partial charge on any atom is -0.325 e. The molecule has 180 valence electrons. The molecule has 0 fully saturated rings. The van der Waals surface area contributed by atoms with Crippen LogP contribution in [0.1, 0.15) is 10.4 Å². The largest absolute Gasteiger partial charge is 0.325 e. The van der Waals surface area contributed by atoms with E-state index in [1.54, 1.807) is 24.3 Å². The lowest BCUT2D eigenvalue weighted by Crippen LogP contribution is -2.42. The van der Waals surface area contributed by atoms with Gasteiger partial charge in [-0.2, -0.15) is 4.31 Å². The molecule has 0 bridgehead atoms. The summed E-state index contributed by atoms with van der Waals surface area (Å²) < 4.78 is 39.1. The standard InChI is InChI=1S/C24H21FN4O5S/c1-28(35(33,34)19-12-8-17(25)9-13-19)14-22(30)26-18-10-6-16(7-11-18)24(32)29-15-23(31)27-20-4-2-3-5-21(20)29/h2-13H,14-15H2,1H3,(H,26,30)(H,27,31). The maximum atomic E-state index is 13.1. The molecule has 35 heavy (non-hydrogen) atoms. The highest BCUT2D eigenvalue weighted by molar-refractivity contribution is 7.89. The number of hydrogen-bond donors (Lipinski definition) is 2. The summed E-state index contributed by atoms with van der Waals surface area (Å²) in [7, 11) is -2.74. The van der Waals surface area contributed by atoms with Crippen LogP contribution in [0.2, 0.25) is 0 Å². The molecule has 0 saturated heterocycles. The van der Waals surface area contributed by atoms with Crippen LogP contribution in [0.4, 0.5) is 21.5 Å². The fraction of sp³-hybridized carbons (Fsp3) is 0.125. The number of rotatable bonds is 6. The van der Waals surface area contributed by atoms with Crippen LogP contribution >= 0.6 is 0 Å². The first-order valence-corrected chi connectivity index (χ1v) is 11.9. The second kappa shape index (κ2) is 9.65. The molecule has 0 aliphatic carbocycles. The van der Waals surface area contributed by atoms with Crippen LogP contribution in [-0.4, -0.2) is 50.6 Å². The predicted octanol–water partition coefficient (Wildman–Crippen LogP) is 2.68. The Morgan fingerprint density at radius 3 is 2.37 bits per heavy atom. The molecule has 1 heterocycles. The van der Waals surface area contributed by atoms with Gasteiger partial charge in [-0.3, -0.25) is 19.3 Å². The van der Waals surface area contributed by atoms with Crippen molar-refractivity contribution < 1.29 is 27.2 Å². The number of fused-ring (bicyclic) bond motifs is 1. The normalized spacial score (nSPS) is 13.2. The highest BCUT2D eigenvalue weighted by Gasteiger charge is 2.27. The second-order valence-corrected chi connectivity index (χ2v) is 9.84. The van der Waals surface area contributed by atoms with Gasteiger partial charge in [0.2, 0.25) is 21.8 Å². The van der Waals surface area contributed by atoms with Crippen molar-refractivity contribution in [2.75, 3.05) is 35.7 Å². The van der Waals surface area contributed by atoms with Crippen LogP contribution in [0, 0.1) is 5.82 Å². The number of para-hydroxylation sites is 2. The number of nitrogens with zero attached hydrogens (tertiary/aromatic N) is 2. The fourth-order valence-electron chi connectivity index (χ4n) is 3.54. The zero-order valence-corrected chi connectivity index (χ0v) is 19.4. The van der Waals surface area contributed by atoms with Crippen LogP contribution < -0.4 is 15.5 Å². The van der Waals surface area contributed by atoms with Crippen LogP contribution in [0.5, 0.6) is 0 Å². The Labute approximate surface area is 201 Å². The Balaban J connectivity index is 1.41. The molecule has 1 aliphatic heterocycles. The van der Waals surface area contributed by atoms with Crippen molar-refractivity contribution >= 4 is 44.8 Å². The summed E-state index contributed by atoms with van der Waals surface area (Å²) in [6, 6.07) is 17.3. The molecule has 0 atom stereocenters. The van der Waals surface area contributed by atoms with Gasteiger partial charge in [0.25, 0.3) is 5.91 Å². The number of likely N-dealkylation sites (N-methyl/N-ethyl adjacent to an activating group) is 1. The van der Waals surface area contributed by atoms with E-state index in [1.807, 2.05) is 0 Å². The van der Waals surface area contributed by atoms with Crippen molar-refractivity contribution in [2.45, 2.75) is 4.90 Å². The SMILES string of the molecule is CN(CC(=O)Nc1ccc(C(=O)N2CC(=O)Nc3ccccc32)cc1)S(=O)(=O)c1ccc(F)cc1. The zero-order chi connectivity index (χ0) is 25.2. The summed E-state index contributed by atoms with van der Waals surface area (Å²) in [6.07, 6.45) is 0. The lowest BCUT2D eigenvalue weighted by Gasteiger charge is -2.29. The van der Waals surface area contributed by atoms with Gasteiger partial charge in [-0.15, -0.1) is 0 Å². The van der Waals surface area contributed by atoms with Gasteiger partial charge in [-0.1, -0.05) is 12.1 Å². The molecular weight excluding hydrogens is 475 g/mol. The number of hydrogen-bond acceptors (Lipinski definition) is 5. The number of benzene rings is 3. The van der Waals surface area contributed by atoms with Crippen molar-refractivity contribution in [3.05, 3.63) is 84.2 Å². The quantitative estimate of drug-likeness (QED) is 0.545. The van der Waals surface area contributed by atoms with Crippen LogP contribution in [0.3, 0.4) is 0 Å². The lowest BCUT2D eigenvalue weighted by atomic mass is 10.1. The van der Waals surface area contributed by atoms with Crippen LogP contribution in [0.25, 0.3) is 0 Å². The van der Waals surface area contributed by atoms with Gasteiger partial charge in [-0.25, -0.2) is 12.8 Å². The first kappa shape index (κ1) is 24.0. The molecule has 1 aliphatic rings. The Morgan fingerprint density at radius 1 is 1.03 bits per heavy atom. The van der Waals surface area contributed by atoms with Crippen LogP contribution in [-0.2, 0) is 19.6 Å². The minimum atomic E-state index is -3.98. The highest BCUT2D eigenvalue weighted by atomic mass is 32.2. The summed E-state index contributed by atoms with van der Waals surface area (Å²) in [5.41, 5.74) is 1.79. The smallest absolute Gasteiger partial charge is 0.258 e. The number of sulfonamides is 1. The number of halogens is 1. The van der Waals surface area contributed by atoms with Gasteiger partial charge < -0.3 is 10.6 Å². The molecule has 0 radical (unpaired) electrons. The molecule has 3 amide bonds. The monoisotopic (exact) mass is 496 g/mol. The third kappa shape index (κ3) is 5.20. The summed E-state index contributed by atoms with van der Waals surface area (Å²) in [4.78, 5) is 38.6. The summed E-state index contributed by atoms with van der Waals surface area (Å²) >= 11 is 0. The van der Waals surface area contributed by atoms with E-state index in [-0.39, 0.29) is 23.3 Å². The Hall–Kier alpha value is -4.09. The number of carbonyl (C=O) groups is 3. The maximum absolute atomic E-state index is 13.1. The average molecular weight is 497 g/mol. The number of amides is 3. The van der Waals surface area contributed by atoms with Gasteiger partial charge in [0.15, 0.2) is 0 Å². The van der Waals surface area contributed by atoms with Crippen molar-refractivity contribution in [1.82, 2.24) is 4.31 Å². The van der Waals surface area contributed by atoms with E-state index in [9.17, 15) is 27.2 Å². The number of carbonyl (C=O) groups excluding carboxylic acids is 3. The van der Waals surface area contributed by atoms with E-state index in [0.717, 1.165) is 28.6 Å². The van der Waals surface area contributed by atoms with Crippen molar-refractivity contribution in [3.63, 3.8) is 0 Å².